The minimum Gasteiger partial charge on any atom is -0.416 e. The molecule has 0 amide bonds. The Bertz CT molecular complexity index is 611. The van der Waals surface area contributed by atoms with Gasteiger partial charge in [0.15, 0.2) is 0 Å². The van der Waals surface area contributed by atoms with Crippen molar-refractivity contribution in [2.24, 2.45) is 0 Å². The van der Waals surface area contributed by atoms with Gasteiger partial charge in [-0.05, 0) is 19.8 Å². The zero-order chi connectivity index (χ0) is 14.7. The summed E-state index contributed by atoms with van der Waals surface area (Å²) in [5.74, 6) is 1.81. The van der Waals surface area contributed by atoms with Gasteiger partial charge in [-0.25, -0.2) is 0 Å². The number of nitrogens with zero attached hydrogens (tertiary/aromatic N) is 6. The van der Waals surface area contributed by atoms with Crippen LogP contribution in [0.5, 0.6) is 0 Å². The van der Waals surface area contributed by atoms with Gasteiger partial charge < -0.3 is 14.6 Å². The monoisotopic (exact) mass is 307 g/mol. The van der Waals surface area contributed by atoms with E-state index in [9.17, 15) is 0 Å². The lowest BCUT2D eigenvalue weighted by atomic mass is 10.4. The fourth-order valence-corrected chi connectivity index (χ4v) is 2.74. The Labute approximate surface area is 126 Å². The average molecular weight is 307 g/mol. The molecule has 3 heterocycles. The Kier molecular flexibility index (Phi) is 4.18. The van der Waals surface area contributed by atoms with Crippen LogP contribution in [0.3, 0.4) is 0 Å². The Morgan fingerprint density at radius 1 is 1.19 bits per heavy atom. The molecule has 0 bridgehead atoms. The fraction of sp³-hybridized carbons (Fsp3) is 0.583. The second-order valence-electron chi connectivity index (χ2n) is 4.66. The number of hydrogen-bond donors (Lipinski definition) is 1. The fourth-order valence-electron chi connectivity index (χ4n) is 2.08. The first-order chi connectivity index (χ1) is 10.2. The first-order valence-electron chi connectivity index (χ1n) is 6.97. The number of rotatable bonds is 5. The van der Waals surface area contributed by atoms with Crippen LogP contribution in [0.4, 0.5) is 11.9 Å². The van der Waals surface area contributed by atoms with E-state index in [1.807, 2.05) is 6.92 Å². The van der Waals surface area contributed by atoms with Crippen molar-refractivity contribution in [1.29, 1.82) is 0 Å². The molecular formula is C12H17N7OS. The zero-order valence-electron chi connectivity index (χ0n) is 12.0. The molecule has 8 nitrogen and oxygen atoms in total. The van der Waals surface area contributed by atoms with Gasteiger partial charge in [0.25, 0.3) is 5.22 Å². The maximum Gasteiger partial charge on any atom is 0.284 e. The largest absolute Gasteiger partial charge is 0.416 e. The van der Waals surface area contributed by atoms with Crippen molar-refractivity contribution in [3.8, 4) is 0 Å². The number of hydrogen-bond acceptors (Lipinski definition) is 9. The van der Waals surface area contributed by atoms with Gasteiger partial charge in [-0.15, -0.1) is 10.2 Å². The van der Waals surface area contributed by atoms with Crippen molar-refractivity contribution in [2.75, 3.05) is 29.9 Å². The van der Waals surface area contributed by atoms with Crippen LogP contribution in [0.2, 0.25) is 0 Å². The first-order valence-corrected chi connectivity index (χ1v) is 7.79. The van der Waals surface area contributed by atoms with Crippen LogP contribution < -0.4 is 10.2 Å². The minimum absolute atomic E-state index is 0.438. The van der Waals surface area contributed by atoms with E-state index in [0.717, 1.165) is 19.6 Å². The quantitative estimate of drug-likeness (QED) is 0.886. The molecule has 2 aromatic rings. The molecule has 0 aliphatic carbocycles. The van der Waals surface area contributed by atoms with Gasteiger partial charge in [0.1, 0.15) is 0 Å². The summed E-state index contributed by atoms with van der Waals surface area (Å²) in [7, 11) is 0. The first kappa shape index (κ1) is 14.1. The SMILES string of the molecule is CCNc1nc(Sc2nnc(C)o2)nc(N2CCCC2)n1. The predicted molar refractivity (Wildman–Crippen MR) is 78.6 cm³/mol. The van der Waals surface area contributed by atoms with Crippen molar-refractivity contribution in [2.45, 2.75) is 37.1 Å². The van der Waals surface area contributed by atoms with Gasteiger partial charge in [0.2, 0.25) is 22.9 Å². The summed E-state index contributed by atoms with van der Waals surface area (Å²) < 4.78 is 5.36. The van der Waals surface area contributed by atoms with Crippen LogP contribution in [-0.2, 0) is 0 Å². The van der Waals surface area contributed by atoms with Gasteiger partial charge in [-0.2, -0.15) is 15.0 Å². The van der Waals surface area contributed by atoms with Gasteiger partial charge in [0, 0.05) is 38.3 Å². The summed E-state index contributed by atoms with van der Waals surface area (Å²) in [5, 5.41) is 11.9. The molecule has 0 aromatic carbocycles. The molecule has 1 fully saturated rings. The summed E-state index contributed by atoms with van der Waals surface area (Å²) in [6, 6.07) is 0. The van der Waals surface area contributed by atoms with Crippen molar-refractivity contribution in [3.05, 3.63) is 5.89 Å². The molecule has 1 saturated heterocycles. The molecule has 0 unspecified atom stereocenters. The molecule has 0 spiro atoms. The van der Waals surface area contributed by atoms with Crippen LogP contribution in [0, 0.1) is 6.92 Å². The van der Waals surface area contributed by atoms with Gasteiger partial charge in [-0.1, -0.05) is 0 Å². The summed E-state index contributed by atoms with van der Waals surface area (Å²) >= 11 is 1.25. The molecule has 9 heteroatoms. The Hall–Kier alpha value is -1.90. The molecule has 2 aromatic heterocycles. The molecule has 0 atom stereocenters. The van der Waals surface area contributed by atoms with Crippen molar-refractivity contribution < 1.29 is 4.42 Å². The normalized spacial score (nSPS) is 14.7. The third-order valence-electron chi connectivity index (χ3n) is 3.01. The molecule has 3 rings (SSSR count). The topological polar surface area (TPSA) is 92.9 Å². The van der Waals surface area contributed by atoms with Gasteiger partial charge in [-0.3, -0.25) is 0 Å². The molecule has 1 N–H and O–H groups in total. The second kappa shape index (κ2) is 6.25. The molecule has 112 valence electrons. The highest BCUT2D eigenvalue weighted by atomic mass is 32.2. The number of anilines is 2. The highest BCUT2D eigenvalue weighted by Crippen LogP contribution is 2.26. The van der Waals surface area contributed by atoms with Crippen molar-refractivity contribution in [1.82, 2.24) is 25.1 Å². The average Bonchev–Trinajstić information content (AvgIpc) is 3.11. The summed E-state index contributed by atoms with van der Waals surface area (Å²) in [4.78, 5) is 15.5. The van der Waals surface area contributed by atoms with E-state index in [4.69, 9.17) is 4.42 Å². The number of nitrogens with one attached hydrogen (secondary N) is 1. The maximum atomic E-state index is 5.36. The highest BCUT2D eigenvalue weighted by molar-refractivity contribution is 7.98. The van der Waals surface area contributed by atoms with Crippen molar-refractivity contribution >= 4 is 23.7 Å². The summed E-state index contributed by atoms with van der Waals surface area (Å²) in [6.07, 6.45) is 2.35. The van der Waals surface area contributed by atoms with E-state index >= 15 is 0 Å². The molecule has 0 radical (unpaired) electrons. The zero-order valence-corrected chi connectivity index (χ0v) is 12.9. The third-order valence-corrected chi connectivity index (χ3v) is 3.72. The van der Waals surface area contributed by atoms with Crippen LogP contribution in [0.15, 0.2) is 14.8 Å². The van der Waals surface area contributed by atoms with Gasteiger partial charge >= 0.3 is 0 Å². The predicted octanol–water partition coefficient (Wildman–Crippen LogP) is 1.75. The lowest BCUT2D eigenvalue weighted by molar-refractivity contribution is 0.429. The Morgan fingerprint density at radius 3 is 2.67 bits per heavy atom. The standard InChI is InChI=1S/C12H17N7OS/c1-3-13-9-14-10(19-6-4-5-7-19)16-11(15-9)21-12-18-17-8(2)20-12/h3-7H2,1-2H3,(H,13,14,15,16). The van der Waals surface area contributed by atoms with E-state index in [1.54, 1.807) is 6.92 Å². The molecule has 0 saturated carbocycles. The minimum atomic E-state index is 0.438. The summed E-state index contributed by atoms with van der Waals surface area (Å²) in [6.45, 7) is 6.49. The smallest absolute Gasteiger partial charge is 0.284 e. The van der Waals surface area contributed by atoms with E-state index in [2.05, 4.69) is 35.4 Å². The number of aromatic nitrogens is 5. The number of aryl methyl sites for hydroxylation is 1. The third kappa shape index (κ3) is 3.41. The lowest BCUT2D eigenvalue weighted by Gasteiger charge is -2.16. The van der Waals surface area contributed by atoms with E-state index < -0.39 is 0 Å². The molecule has 1 aliphatic heterocycles. The maximum absolute atomic E-state index is 5.36. The van der Waals surface area contributed by atoms with Crippen LogP contribution in [0.25, 0.3) is 0 Å². The molecule has 1 aliphatic rings. The molecule has 21 heavy (non-hydrogen) atoms. The highest BCUT2D eigenvalue weighted by Gasteiger charge is 2.18. The van der Waals surface area contributed by atoms with Gasteiger partial charge in [0.05, 0.1) is 0 Å². The van der Waals surface area contributed by atoms with E-state index in [-0.39, 0.29) is 0 Å². The lowest BCUT2D eigenvalue weighted by Crippen LogP contribution is -2.21. The Balaban J connectivity index is 1.86. The second-order valence-corrected chi connectivity index (χ2v) is 5.57. The molecular weight excluding hydrogens is 290 g/mol. The van der Waals surface area contributed by atoms with E-state index in [0.29, 0.717) is 28.2 Å². The van der Waals surface area contributed by atoms with E-state index in [1.165, 1.54) is 24.6 Å². The van der Waals surface area contributed by atoms with Crippen molar-refractivity contribution in [3.63, 3.8) is 0 Å². The van der Waals surface area contributed by atoms with Crippen LogP contribution in [-0.4, -0.2) is 44.8 Å². The van der Waals surface area contributed by atoms with Crippen LogP contribution in [0.1, 0.15) is 25.7 Å². The Morgan fingerprint density at radius 2 is 2.00 bits per heavy atom. The van der Waals surface area contributed by atoms with Crippen LogP contribution >= 0.6 is 11.8 Å². The summed E-state index contributed by atoms with van der Waals surface area (Å²) in [5.41, 5.74) is 0.